The van der Waals surface area contributed by atoms with Crippen LogP contribution in [0, 0.1) is 11.8 Å². The third kappa shape index (κ3) is 2.30. The minimum Gasteiger partial charge on any atom is -0.458 e. The summed E-state index contributed by atoms with van der Waals surface area (Å²) in [4.78, 5) is 23.5. The number of carbonyl (C=O) groups excluding carboxylic acids is 2. The lowest BCUT2D eigenvalue weighted by Crippen LogP contribution is -2.19. The van der Waals surface area contributed by atoms with Gasteiger partial charge in [-0.05, 0) is 44.1 Å². The lowest BCUT2D eigenvalue weighted by atomic mass is 9.84. The Kier molecular flexibility index (Phi) is 3.32. The minimum atomic E-state index is -0.746. The fraction of sp³-hybridized carbons (Fsp3) is 0.556. The van der Waals surface area contributed by atoms with Crippen LogP contribution < -0.4 is 0 Å². The molecule has 122 valence electrons. The van der Waals surface area contributed by atoms with Crippen molar-refractivity contribution in [2.24, 2.45) is 11.8 Å². The number of fused-ring (bicyclic) bond motifs is 2. The normalized spacial score (nSPS) is 37.5. The molecular weight excluding hydrogens is 296 g/mol. The van der Waals surface area contributed by atoms with Crippen LogP contribution in [0.4, 0.5) is 0 Å². The lowest BCUT2D eigenvalue weighted by molar-refractivity contribution is -0.152. The number of ether oxygens (including phenoxy) is 3. The summed E-state index contributed by atoms with van der Waals surface area (Å²) in [6.45, 7) is 3.89. The van der Waals surface area contributed by atoms with E-state index in [4.69, 9.17) is 14.2 Å². The summed E-state index contributed by atoms with van der Waals surface area (Å²) in [6, 6.07) is 0. The molecule has 0 spiro atoms. The summed E-state index contributed by atoms with van der Waals surface area (Å²) >= 11 is 0. The first-order chi connectivity index (χ1) is 11.0. The van der Waals surface area contributed by atoms with Crippen LogP contribution in [0.25, 0.3) is 0 Å². The maximum Gasteiger partial charge on any atom is 0.338 e. The van der Waals surface area contributed by atoms with Crippen molar-refractivity contribution < 1.29 is 23.8 Å². The minimum absolute atomic E-state index is 0.0511. The predicted octanol–water partition coefficient (Wildman–Crippen LogP) is 2.78. The van der Waals surface area contributed by atoms with E-state index >= 15 is 0 Å². The van der Waals surface area contributed by atoms with Gasteiger partial charge in [-0.3, -0.25) is 0 Å². The first-order valence-corrected chi connectivity index (χ1v) is 8.22. The van der Waals surface area contributed by atoms with Crippen LogP contribution in [0.15, 0.2) is 34.6 Å². The van der Waals surface area contributed by atoms with Crippen molar-refractivity contribution >= 4 is 11.9 Å². The molecule has 0 N–H and O–H groups in total. The second-order valence-corrected chi connectivity index (χ2v) is 6.82. The second kappa shape index (κ2) is 5.25. The molecule has 1 fully saturated rings. The van der Waals surface area contributed by atoms with E-state index in [1.165, 1.54) is 23.8 Å². The molecular formula is C18H20O5. The Bertz CT molecular complexity index is 669. The van der Waals surface area contributed by atoms with Gasteiger partial charge in [0.05, 0.1) is 11.8 Å². The SMILES string of the molecule is CC1=CC(OC=C2C(=O)OC3C4=C(CCCC4C)CC23)OC1=O. The van der Waals surface area contributed by atoms with E-state index in [0.717, 1.165) is 19.3 Å². The summed E-state index contributed by atoms with van der Waals surface area (Å²) in [5, 5.41) is 0. The van der Waals surface area contributed by atoms with Crippen LogP contribution in [-0.4, -0.2) is 24.3 Å². The highest BCUT2D eigenvalue weighted by molar-refractivity contribution is 5.92. The highest BCUT2D eigenvalue weighted by atomic mass is 16.7. The number of hydrogen-bond acceptors (Lipinski definition) is 5. The summed E-state index contributed by atoms with van der Waals surface area (Å²) in [6.07, 6.45) is 6.55. The van der Waals surface area contributed by atoms with Crippen LogP contribution in [0.1, 0.15) is 39.5 Å². The number of cyclic esters (lactones) is 1. The van der Waals surface area contributed by atoms with Gasteiger partial charge in [-0.2, -0.15) is 0 Å². The van der Waals surface area contributed by atoms with Crippen molar-refractivity contribution in [1.82, 2.24) is 0 Å². The average molecular weight is 316 g/mol. The maximum absolute atomic E-state index is 12.2. The highest BCUT2D eigenvalue weighted by Crippen LogP contribution is 2.50. The van der Waals surface area contributed by atoms with Crippen molar-refractivity contribution in [3.05, 3.63) is 34.6 Å². The molecule has 4 rings (SSSR count). The van der Waals surface area contributed by atoms with E-state index in [1.54, 1.807) is 13.0 Å². The van der Waals surface area contributed by atoms with Gasteiger partial charge in [0.25, 0.3) is 6.29 Å². The molecule has 5 heteroatoms. The third-order valence-electron chi connectivity index (χ3n) is 5.32. The van der Waals surface area contributed by atoms with E-state index in [-0.39, 0.29) is 24.0 Å². The van der Waals surface area contributed by atoms with Crippen LogP contribution in [0.5, 0.6) is 0 Å². The van der Waals surface area contributed by atoms with Crippen molar-refractivity contribution in [2.75, 3.05) is 0 Å². The zero-order valence-corrected chi connectivity index (χ0v) is 13.3. The number of rotatable bonds is 2. The van der Waals surface area contributed by atoms with Gasteiger partial charge in [0.1, 0.15) is 6.10 Å². The fourth-order valence-electron chi connectivity index (χ4n) is 4.16. The molecule has 0 radical (unpaired) electrons. The summed E-state index contributed by atoms with van der Waals surface area (Å²) in [5.41, 5.74) is 3.87. The van der Waals surface area contributed by atoms with Crippen molar-refractivity contribution in [1.29, 1.82) is 0 Å². The molecule has 1 saturated heterocycles. The van der Waals surface area contributed by atoms with Crippen LogP contribution in [-0.2, 0) is 23.8 Å². The number of hydrogen-bond donors (Lipinski definition) is 0. The molecule has 2 heterocycles. The molecule has 2 aliphatic carbocycles. The fourth-order valence-corrected chi connectivity index (χ4v) is 4.16. The van der Waals surface area contributed by atoms with Gasteiger partial charge in [-0.15, -0.1) is 0 Å². The van der Waals surface area contributed by atoms with Gasteiger partial charge >= 0.3 is 11.9 Å². The number of carbonyl (C=O) groups is 2. The molecule has 0 saturated carbocycles. The summed E-state index contributed by atoms with van der Waals surface area (Å²) < 4.78 is 16.1. The first-order valence-electron chi connectivity index (χ1n) is 8.22. The Hall–Kier alpha value is -2.04. The van der Waals surface area contributed by atoms with Gasteiger partial charge in [-0.25, -0.2) is 9.59 Å². The maximum atomic E-state index is 12.2. The van der Waals surface area contributed by atoms with Gasteiger partial charge < -0.3 is 14.2 Å². The summed E-state index contributed by atoms with van der Waals surface area (Å²) in [7, 11) is 0. The first kappa shape index (κ1) is 14.5. The summed E-state index contributed by atoms with van der Waals surface area (Å²) in [5.74, 6) is -0.153. The standard InChI is InChI=1S/C18H20O5/c1-9-4-3-5-11-7-12-13(18(20)23-16(12)15(9)11)8-21-14-6-10(2)17(19)22-14/h6,8-9,12,14,16H,3-5,7H2,1-2H3. The van der Waals surface area contributed by atoms with E-state index in [9.17, 15) is 9.59 Å². The van der Waals surface area contributed by atoms with Crippen molar-refractivity contribution in [3.8, 4) is 0 Å². The lowest BCUT2D eigenvalue weighted by Gasteiger charge is -2.24. The largest absolute Gasteiger partial charge is 0.458 e. The van der Waals surface area contributed by atoms with Crippen LogP contribution >= 0.6 is 0 Å². The zero-order valence-electron chi connectivity index (χ0n) is 13.3. The number of allylic oxidation sites excluding steroid dienone is 1. The molecule has 5 nitrogen and oxygen atoms in total. The van der Waals surface area contributed by atoms with Gasteiger partial charge in [0.2, 0.25) is 0 Å². The molecule has 0 amide bonds. The van der Waals surface area contributed by atoms with E-state index < -0.39 is 6.29 Å². The highest BCUT2D eigenvalue weighted by Gasteiger charge is 2.49. The smallest absolute Gasteiger partial charge is 0.338 e. The van der Waals surface area contributed by atoms with E-state index in [1.807, 2.05) is 0 Å². The zero-order chi connectivity index (χ0) is 16.1. The Balaban J connectivity index is 1.52. The molecule has 2 aliphatic heterocycles. The van der Waals surface area contributed by atoms with E-state index in [2.05, 4.69) is 6.92 Å². The molecule has 0 aromatic carbocycles. The predicted molar refractivity (Wildman–Crippen MR) is 80.8 cm³/mol. The second-order valence-electron chi connectivity index (χ2n) is 6.82. The van der Waals surface area contributed by atoms with Gasteiger partial charge in [0.15, 0.2) is 0 Å². The van der Waals surface area contributed by atoms with Crippen molar-refractivity contribution in [3.63, 3.8) is 0 Å². The molecule has 4 unspecified atom stereocenters. The van der Waals surface area contributed by atoms with Gasteiger partial charge in [0, 0.05) is 17.6 Å². The molecule has 4 atom stereocenters. The molecule has 0 aromatic rings. The van der Waals surface area contributed by atoms with Crippen LogP contribution in [0.2, 0.25) is 0 Å². The monoisotopic (exact) mass is 316 g/mol. The van der Waals surface area contributed by atoms with Crippen LogP contribution in [0.3, 0.4) is 0 Å². The molecule has 23 heavy (non-hydrogen) atoms. The Morgan fingerprint density at radius 1 is 1.26 bits per heavy atom. The topological polar surface area (TPSA) is 61.8 Å². The molecule has 0 aromatic heterocycles. The third-order valence-corrected chi connectivity index (χ3v) is 5.32. The number of esters is 2. The quantitative estimate of drug-likeness (QED) is 0.339. The van der Waals surface area contributed by atoms with Crippen molar-refractivity contribution in [2.45, 2.75) is 51.9 Å². The molecule has 0 bridgehead atoms. The molecule has 4 aliphatic rings. The van der Waals surface area contributed by atoms with Gasteiger partial charge in [-0.1, -0.05) is 12.5 Å². The Morgan fingerprint density at radius 3 is 2.83 bits per heavy atom. The van der Waals surface area contributed by atoms with E-state index in [0.29, 0.717) is 17.1 Å². The Morgan fingerprint density at radius 2 is 2.09 bits per heavy atom. The Labute approximate surface area is 135 Å². The average Bonchev–Trinajstić information content (AvgIpc) is 3.10.